The summed E-state index contributed by atoms with van der Waals surface area (Å²) in [6.45, 7) is 7.17. The number of benzene rings is 1. The molecule has 1 saturated heterocycles. The highest BCUT2D eigenvalue weighted by Crippen LogP contribution is 2.17. The zero-order valence-corrected chi connectivity index (χ0v) is 15.3. The van der Waals surface area contributed by atoms with Crippen molar-refractivity contribution in [3.05, 3.63) is 29.8 Å². The lowest BCUT2D eigenvalue weighted by Crippen LogP contribution is -2.50. The monoisotopic (exact) mass is 360 g/mol. The number of halogens is 1. The second-order valence-corrected chi connectivity index (χ2v) is 8.67. The average molecular weight is 361 g/mol. The number of piperidine rings is 1. The van der Waals surface area contributed by atoms with Gasteiger partial charge in [-0.3, -0.25) is 4.79 Å². The van der Waals surface area contributed by atoms with Gasteiger partial charge in [0.1, 0.15) is 0 Å². The molecule has 0 saturated carbocycles. The van der Waals surface area contributed by atoms with Gasteiger partial charge < -0.3 is 10.6 Å². The topological polar surface area (TPSA) is 75.3 Å². The Morgan fingerprint density at radius 3 is 2.39 bits per heavy atom. The van der Waals surface area contributed by atoms with Crippen LogP contribution in [0.2, 0.25) is 0 Å². The molecule has 0 radical (unpaired) electrons. The number of nitrogens with one attached hydrogen (secondary N) is 2. The van der Waals surface area contributed by atoms with Crippen LogP contribution >= 0.6 is 12.4 Å². The Bertz CT molecular complexity index is 629. The van der Waals surface area contributed by atoms with Crippen LogP contribution in [-0.2, 0) is 9.84 Å². The van der Waals surface area contributed by atoms with E-state index >= 15 is 0 Å². The summed E-state index contributed by atoms with van der Waals surface area (Å²) in [7, 11) is -3.30. The molecule has 2 atom stereocenters. The molecule has 1 aromatic rings. The maximum Gasteiger partial charge on any atom is 0.251 e. The van der Waals surface area contributed by atoms with Gasteiger partial charge in [-0.1, -0.05) is 6.92 Å². The summed E-state index contributed by atoms with van der Waals surface area (Å²) >= 11 is 0. The highest BCUT2D eigenvalue weighted by Gasteiger charge is 2.23. The van der Waals surface area contributed by atoms with Crippen molar-refractivity contribution in [3.8, 4) is 0 Å². The van der Waals surface area contributed by atoms with Crippen LogP contribution in [0.5, 0.6) is 0 Å². The number of sulfone groups is 1. The third-order valence-corrected chi connectivity index (χ3v) is 6.38. The average Bonchev–Trinajstić information content (AvgIpc) is 2.49. The number of hydrogen-bond donors (Lipinski definition) is 2. The van der Waals surface area contributed by atoms with Crippen molar-refractivity contribution in [3.63, 3.8) is 0 Å². The molecule has 5 nitrogen and oxygen atoms in total. The van der Waals surface area contributed by atoms with E-state index in [1.54, 1.807) is 26.0 Å². The first-order valence-corrected chi connectivity index (χ1v) is 9.22. The van der Waals surface area contributed by atoms with Crippen LogP contribution in [0, 0.1) is 5.92 Å². The van der Waals surface area contributed by atoms with Gasteiger partial charge in [0.25, 0.3) is 5.91 Å². The smallest absolute Gasteiger partial charge is 0.251 e. The van der Waals surface area contributed by atoms with Crippen LogP contribution in [0.25, 0.3) is 0 Å². The fraction of sp³-hybridized carbons (Fsp3) is 0.562. The van der Waals surface area contributed by atoms with Crippen molar-refractivity contribution in [2.45, 2.75) is 43.4 Å². The summed E-state index contributed by atoms with van der Waals surface area (Å²) in [5, 5.41) is 5.81. The molecule has 0 spiro atoms. The largest absolute Gasteiger partial charge is 0.348 e. The molecule has 2 unspecified atom stereocenters. The normalized spacial score (nSPS) is 21.6. The van der Waals surface area contributed by atoms with E-state index in [1.807, 2.05) is 0 Å². The van der Waals surface area contributed by atoms with Gasteiger partial charge in [-0.05, 0) is 57.0 Å². The summed E-state index contributed by atoms with van der Waals surface area (Å²) in [5.74, 6) is 0.278. The van der Waals surface area contributed by atoms with Crippen LogP contribution in [0.15, 0.2) is 29.2 Å². The van der Waals surface area contributed by atoms with Gasteiger partial charge in [0.05, 0.1) is 10.1 Å². The molecule has 130 valence electrons. The van der Waals surface area contributed by atoms with Crippen LogP contribution in [0.4, 0.5) is 0 Å². The van der Waals surface area contributed by atoms with Gasteiger partial charge >= 0.3 is 0 Å². The second-order valence-electron chi connectivity index (χ2n) is 6.17. The lowest BCUT2D eigenvalue weighted by atomic mass is 9.94. The van der Waals surface area contributed by atoms with Crippen LogP contribution in [-0.4, -0.2) is 38.7 Å². The molecule has 2 rings (SSSR count). The van der Waals surface area contributed by atoms with E-state index in [-0.39, 0.29) is 29.3 Å². The Hall–Kier alpha value is -1.11. The minimum Gasteiger partial charge on any atom is -0.348 e. The molecule has 1 fully saturated rings. The van der Waals surface area contributed by atoms with E-state index in [9.17, 15) is 13.2 Å². The highest BCUT2D eigenvalue weighted by atomic mass is 35.5. The molecular weight excluding hydrogens is 336 g/mol. The Labute approximate surface area is 144 Å². The molecule has 1 aliphatic heterocycles. The molecule has 1 amide bonds. The predicted octanol–water partition coefficient (Wildman–Crippen LogP) is 2.02. The van der Waals surface area contributed by atoms with Gasteiger partial charge in [-0.15, -0.1) is 12.4 Å². The molecule has 1 heterocycles. The number of carbonyl (C=O) groups is 1. The van der Waals surface area contributed by atoms with Gasteiger partial charge in [0.2, 0.25) is 0 Å². The van der Waals surface area contributed by atoms with Crippen LogP contribution in [0.1, 0.15) is 37.6 Å². The predicted molar refractivity (Wildman–Crippen MR) is 93.9 cm³/mol. The third kappa shape index (κ3) is 4.68. The summed E-state index contributed by atoms with van der Waals surface area (Å²) in [6, 6.07) is 6.27. The van der Waals surface area contributed by atoms with Gasteiger partial charge in [0, 0.05) is 18.2 Å². The molecule has 7 heteroatoms. The molecule has 2 N–H and O–H groups in total. The third-order valence-electron chi connectivity index (χ3n) is 4.21. The van der Waals surface area contributed by atoms with Crippen LogP contribution in [0.3, 0.4) is 0 Å². The standard InChI is InChI=1S/C16H24N2O3S.ClH/c1-11(2)22(20,21)14-6-4-13(5-7-14)16(19)18-15-10-17-9-8-12(15)3;/h4-7,11-12,15,17H,8-10H2,1-3H3,(H,18,19);1H. The fourth-order valence-electron chi connectivity index (χ4n) is 2.50. The van der Waals surface area contributed by atoms with Crippen molar-refractivity contribution < 1.29 is 13.2 Å². The van der Waals surface area contributed by atoms with Gasteiger partial charge in [-0.25, -0.2) is 8.42 Å². The van der Waals surface area contributed by atoms with Crippen LogP contribution < -0.4 is 10.6 Å². The number of rotatable bonds is 4. The van der Waals surface area contributed by atoms with E-state index < -0.39 is 15.1 Å². The molecule has 0 bridgehead atoms. The molecule has 23 heavy (non-hydrogen) atoms. The molecular formula is C16H25ClN2O3S. The second kappa shape index (κ2) is 8.13. The van der Waals surface area contributed by atoms with Gasteiger partial charge in [0.15, 0.2) is 9.84 Å². The van der Waals surface area contributed by atoms with E-state index in [0.29, 0.717) is 11.5 Å². The first-order valence-electron chi connectivity index (χ1n) is 7.68. The first kappa shape index (κ1) is 19.9. The quantitative estimate of drug-likeness (QED) is 0.861. The summed E-state index contributed by atoms with van der Waals surface area (Å²) in [4.78, 5) is 12.5. The number of hydrogen-bond acceptors (Lipinski definition) is 4. The number of amides is 1. The van der Waals surface area contributed by atoms with Crippen molar-refractivity contribution >= 4 is 28.2 Å². The summed E-state index contributed by atoms with van der Waals surface area (Å²) < 4.78 is 24.1. The Kier molecular flexibility index (Phi) is 7.04. The van der Waals surface area contributed by atoms with Crippen molar-refractivity contribution in [1.82, 2.24) is 10.6 Å². The lowest BCUT2D eigenvalue weighted by molar-refractivity contribution is 0.0915. The fourth-order valence-corrected chi connectivity index (χ4v) is 3.56. The molecule has 1 aliphatic rings. The maximum absolute atomic E-state index is 12.3. The van der Waals surface area contributed by atoms with E-state index in [0.717, 1.165) is 19.5 Å². The SMILES string of the molecule is CC1CCNCC1NC(=O)c1ccc(S(=O)(=O)C(C)C)cc1.Cl. The van der Waals surface area contributed by atoms with E-state index in [1.165, 1.54) is 12.1 Å². The van der Waals surface area contributed by atoms with E-state index in [4.69, 9.17) is 0 Å². The van der Waals surface area contributed by atoms with Crippen molar-refractivity contribution in [2.24, 2.45) is 5.92 Å². The molecule has 1 aromatic carbocycles. The molecule has 0 aliphatic carbocycles. The van der Waals surface area contributed by atoms with Gasteiger partial charge in [-0.2, -0.15) is 0 Å². The van der Waals surface area contributed by atoms with E-state index in [2.05, 4.69) is 17.6 Å². The number of carbonyl (C=O) groups excluding carboxylic acids is 1. The van der Waals surface area contributed by atoms with Crippen molar-refractivity contribution in [1.29, 1.82) is 0 Å². The Morgan fingerprint density at radius 2 is 1.87 bits per heavy atom. The zero-order valence-electron chi connectivity index (χ0n) is 13.7. The lowest BCUT2D eigenvalue weighted by Gasteiger charge is -2.30. The molecule has 0 aromatic heterocycles. The summed E-state index contributed by atoms with van der Waals surface area (Å²) in [5.41, 5.74) is 0.487. The minimum absolute atomic E-state index is 0. The first-order chi connectivity index (χ1) is 10.3. The summed E-state index contributed by atoms with van der Waals surface area (Å²) in [6.07, 6.45) is 1.04. The Morgan fingerprint density at radius 1 is 1.26 bits per heavy atom. The minimum atomic E-state index is -3.30. The highest BCUT2D eigenvalue weighted by molar-refractivity contribution is 7.92. The Balaban J connectivity index is 0.00000264. The maximum atomic E-state index is 12.3. The van der Waals surface area contributed by atoms with Crippen molar-refractivity contribution in [2.75, 3.05) is 13.1 Å². The zero-order chi connectivity index (χ0) is 16.3.